The zero-order chi connectivity index (χ0) is 18.1. The molecular weight excluding hydrogens is 366 g/mol. The summed E-state index contributed by atoms with van der Waals surface area (Å²) in [5.41, 5.74) is 3.37. The van der Waals surface area contributed by atoms with Crippen LogP contribution in [0.1, 0.15) is 21.4 Å². The summed E-state index contributed by atoms with van der Waals surface area (Å²) in [6.07, 6.45) is 0. The van der Waals surface area contributed by atoms with E-state index in [-0.39, 0.29) is 11.3 Å². The standard InChI is InChI=1S/C20H18ClN3OS/c1-23-18(13-17(22-23)14-7-3-2-4-8-14)19(25)24-11-12-26-20(24)15-9-5-6-10-16(15)21/h2-10,13,20H,11-12H2,1H3. The second-order valence-corrected chi connectivity index (χ2v) is 7.74. The maximum absolute atomic E-state index is 13.2. The average molecular weight is 384 g/mol. The highest BCUT2D eigenvalue weighted by atomic mass is 35.5. The van der Waals surface area contributed by atoms with Crippen molar-refractivity contribution in [3.63, 3.8) is 0 Å². The third kappa shape index (κ3) is 3.13. The molecule has 2 aromatic carbocycles. The van der Waals surface area contributed by atoms with Gasteiger partial charge in [-0.05, 0) is 12.1 Å². The van der Waals surface area contributed by atoms with Crippen LogP contribution in [0.25, 0.3) is 11.3 Å². The van der Waals surface area contributed by atoms with Crippen molar-refractivity contribution < 1.29 is 4.79 Å². The molecular formula is C20H18ClN3OS. The van der Waals surface area contributed by atoms with Gasteiger partial charge in [-0.25, -0.2) is 0 Å². The van der Waals surface area contributed by atoms with Crippen molar-refractivity contribution in [3.8, 4) is 11.3 Å². The van der Waals surface area contributed by atoms with Crippen molar-refractivity contribution in [2.24, 2.45) is 7.05 Å². The van der Waals surface area contributed by atoms with E-state index in [1.807, 2.05) is 72.6 Å². The number of hydrogen-bond acceptors (Lipinski definition) is 3. The van der Waals surface area contributed by atoms with Gasteiger partial charge in [-0.3, -0.25) is 9.48 Å². The van der Waals surface area contributed by atoms with E-state index in [4.69, 9.17) is 11.6 Å². The fourth-order valence-electron chi connectivity index (χ4n) is 3.18. The summed E-state index contributed by atoms with van der Waals surface area (Å²) in [7, 11) is 1.81. The molecule has 1 atom stereocenters. The molecule has 1 unspecified atom stereocenters. The minimum absolute atomic E-state index is 0.0166. The van der Waals surface area contributed by atoms with Crippen LogP contribution >= 0.6 is 23.4 Å². The predicted octanol–water partition coefficient (Wildman–Crippen LogP) is 4.63. The molecule has 1 aliphatic heterocycles. The molecule has 1 fully saturated rings. The minimum Gasteiger partial charge on any atom is -0.320 e. The van der Waals surface area contributed by atoms with Crippen LogP contribution in [0.15, 0.2) is 60.7 Å². The molecule has 6 heteroatoms. The van der Waals surface area contributed by atoms with E-state index in [0.717, 1.165) is 22.6 Å². The third-order valence-corrected chi connectivity index (χ3v) is 6.08. The number of hydrogen-bond donors (Lipinski definition) is 0. The number of amides is 1. The Labute approximate surface area is 161 Å². The monoisotopic (exact) mass is 383 g/mol. The van der Waals surface area contributed by atoms with Gasteiger partial charge in [0.15, 0.2) is 0 Å². The quantitative estimate of drug-likeness (QED) is 0.661. The first-order valence-electron chi connectivity index (χ1n) is 8.41. The molecule has 0 bridgehead atoms. The van der Waals surface area contributed by atoms with Crippen LogP contribution in [0.2, 0.25) is 5.02 Å². The Hall–Kier alpha value is -2.24. The number of rotatable bonds is 3. The van der Waals surface area contributed by atoms with Crippen molar-refractivity contribution in [2.75, 3.05) is 12.3 Å². The second kappa shape index (κ2) is 7.17. The average Bonchev–Trinajstić information content (AvgIpc) is 3.29. The lowest BCUT2D eigenvalue weighted by Gasteiger charge is -2.24. The normalized spacial score (nSPS) is 16.8. The third-order valence-electron chi connectivity index (χ3n) is 4.49. The van der Waals surface area contributed by atoms with Crippen molar-refractivity contribution >= 4 is 29.3 Å². The highest BCUT2D eigenvalue weighted by Gasteiger charge is 2.33. The first-order valence-corrected chi connectivity index (χ1v) is 9.84. The molecule has 1 saturated heterocycles. The largest absolute Gasteiger partial charge is 0.320 e. The van der Waals surface area contributed by atoms with Gasteiger partial charge in [0, 0.05) is 35.5 Å². The molecule has 0 saturated carbocycles. The summed E-state index contributed by atoms with van der Waals surface area (Å²) in [6.45, 7) is 0.700. The van der Waals surface area contributed by atoms with Crippen LogP contribution in [-0.4, -0.2) is 32.9 Å². The molecule has 1 aliphatic rings. The van der Waals surface area contributed by atoms with Gasteiger partial charge in [-0.1, -0.05) is 60.1 Å². The number of benzene rings is 2. The maximum Gasteiger partial charge on any atom is 0.273 e. The number of carbonyl (C=O) groups is 1. The first kappa shape index (κ1) is 17.2. The molecule has 4 rings (SSSR count). The van der Waals surface area contributed by atoms with Crippen LogP contribution in [0.3, 0.4) is 0 Å². The van der Waals surface area contributed by atoms with Gasteiger partial charge < -0.3 is 4.90 Å². The summed E-state index contributed by atoms with van der Waals surface area (Å²) in [4.78, 5) is 15.1. The predicted molar refractivity (Wildman–Crippen MR) is 106 cm³/mol. The Kier molecular flexibility index (Phi) is 4.74. The molecule has 132 valence electrons. The number of nitrogens with zero attached hydrogens (tertiary/aromatic N) is 3. The number of aromatic nitrogens is 2. The van der Waals surface area contributed by atoms with Crippen LogP contribution in [0.5, 0.6) is 0 Å². The van der Waals surface area contributed by atoms with Crippen molar-refractivity contribution in [2.45, 2.75) is 5.37 Å². The first-order chi connectivity index (χ1) is 12.6. The molecule has 0 aliphatic carbocycles. The summed E-state index contributed by atoms with van der Waals surface area (Å²) in [6, 6.07) is 19.5. The number of thioether (sulfide) groups is 1. The van der Waals surface area contributed by atoms with Gasteiger partial charge in [0.1, 0.15) is 11.1 Å². The number of halogens is 1. The van der Waals surface area contributed by atoms with Crippen LogP contribution in [0.4, 0.5) is 0 Å². The zero-order valence-electron chi connectivity index (χ0n) is 14.3. The lowest BCUT2D eigenvalue weighted by Crippen LogP contribution is -2.32. The van der Waals surface area contributed by atoms with E-state index >= 15 is 0 Å². The molecule has 1 amide bonds. The fourth-order valence-corrected chi connectivity index (χ4v) is 4.77. The van der Waals surface area contributed by atoms with Gasteiger partial charge in [-0.2, -0.15) is 5.10 Å². The number of carbonyl (C=O) groups excluding carboxylic acids is 1. The molecule has 0 N–H and O–H groups in total. The van der Waals surface area contributed by atoms with Crippen LogP contribution in [-0.2, 0) is 7.05 Å². The zero-order valence-corrected chi connectivity index (χ0v) is 15.9. The Morgan fingerprint density at radius 2 is 1.88 bits per heavy atom. The fraction of sp³-hybridized carbons (Fsp3) is 0.200. The highest BCUT2D eigenvalue weighted by molar-refractivity contribution is 7.99. The summed E-state index contributed by atoms with van der Waals surface area (Å²) < 4.78 is 1.66. The Morgan fingerprint density at radius 3 is 2.65 bits per heavy atom. The van der Waals surface area contributed by atoms with Crippen molar-refractivity contribution in [1.29, 1.82) is 0 Å². The Morgan fingerprint density at radius 1 is 1.15 bits per heavy atom. The molecule has 1 aromatic heterocycles. The van der Waals surface area contributed by atoms with E-state index < -0.39 is 0 Å². The minimum atomic E-state index is -0.0636. The maximum atomic E-state index is 13.2. The molecule has 2 heterocycles. The molecule has 4 nitrogen and oxygen atoms in total. The summed E-state index contributed by atoms with van der Waals surface area (Å²) in [5.74, 6) is 0.877. The van der Waals surface area contributed by atoms with E-state index in [9.17, 15) is 4.79 Å². The SMILES string of the molecule is Cn1nc(-c2ccccc2)cc1C(=O)N1CCSC1c1ccccc1Cl. The Balaban J connectivity index is 1.65. The van der Waals surface area contributed by atoms with E-state index in [1.165, 1.54) is 0 Å². The smallest absolute Gasteiger partial charge is 0.273 e. The molecule has 3 aromatic rings. The molecule has 26 heavy (non-hydrogen) atoms. The van der Waals surface area contributed by atoms with E-state index in [0.29, 0.717) is 17.3 Å². The van der Waals surface area contributed by atoms with Crippen LogP contribution in [0, 0.1) is 0 Å². The van der Waals surface area contributed by atoms with Gasteiger partial charge in [0.05, 0.1) is 5.69 Å². The Bertz CT molecular complexity index is 941. The molecule has 0 radical (unpaired) electrons. The summed E-state index contributed by atoms with van der Waals surface area (Å²) in [5, 5.41) is 5.16. The topological polar surface area (TPSA) is 38.1 Å². The van der Waals surface area contributed by atoms with E-state index in [1.54, 1.807) is 16.4 Å². The summed E-state index contributed by atoms with van der Waals surface area (Å²) >= 11 is 8.11. The lowest BCUT2D eigenvalue weighted by atomic mass is 10.1. The molecule has 0 spiro atoms. The van der Waals surface area contributed by atoms with Crippen molar-refractivity contribution in [1.82, 2.24) is 14.7 Å². The van der Waals surface area contributed by atoms with E-state index in [2.05, 4.69) is 5.10 Å². The second-order valence-electron chi connectivity index (χ2n) is 6.15. The van der Waals surface area contributed by atoms with Crippen molar-refractivity contribution in [3.05, 3.63) is 76.9 Å². The highest BCUT2D eigenvalue weighted by Crippen LogP contribution is 2.41. The van der Waals surface area contributed by atoms with Gasteiger partial charge in [0.25, 0.3) is 5.91 Å². The van der Waals surface area contributed by atoms with Gasteiger partial charge >= 0.3 is 0 Å². The van der Waals surface area contributed by atoms with Gasteiger partial charge in [0.2, 0.25) is 0 Å². The van der Waals surface area contributed by atoms with Gasteiger partial charge in [-0.15, -0.1) is 11.8 Å². The number of aryl methyl sites for hydroxylation is 1. The van der Waals surface area contributed by atoms with Crippen LogP contribution < -0.4 is 0 Å². The lowest BCUT2D eigenvalue weighted by molar-refractivity contribution is 0.0749.